The van der Waals surface area contributed by atoms with E-state index in [1.807, 2.05) is 12.1 Å². The summed E-state index contributed by atoms with van der Waals surface area (Å²) in [7, 11) is 1.56. The van der Waals surface area contributed by atoms with Gasteiger partial charge in [0.15, 0.2) is 11.5 Å². The first kappa shape index (κ1) is 20.3. The van der Waals surface area contributed by atoms with Gasteiger partial charge in [0.1, 0.15) is 18.2 Å². The van der Waals surface area contributed by atoms with E-state index in [4.69, 9.17) is 9.47 Å². The molecule has 0 heterocycles. The Morgan fingerprint density at radius 3 is 2.36 bits per heavy atom. The molecule has 0 spiro atoms. The van der Waals surface area contributed by atoms with Crippen molar-refractivity contribution in [3.63, 3.8) is 0 Å². The summed E-state index contributed by atoms with van der Waals surface area (Å²) in [5, 5.41) is 3.31. The Morgan fingerprint density at radius 2 is 1.64 bits per heavy atom. The molecule has 0 fully saturated rings. The predicted molar refractivity (Wildman–Crippen MR) is 108 cm³/mol. The molecule has 0 saturated carbocycles. The summed E-state index contributed by atoms with van der Waals surface area (Å²) < 4.78 is 38.7. The van der Waals surface area contributed by atoms with E-state index in [2.05, 4.69) is 21.2 Å². The third-order valence-electron chi connectivity index (χ3n) is 4.19. The Morgan fingerprint density at radius 1 is 0.929 bits per heavy atom. The van der Waals surface area contributed by atoms with E-state index in [0.29, 0.717) is 30.2 Å². The maximum atomic E-state index is 13.8. The van der Waals surface area contributed by atoms with Gasteiger partial charge in [0.25, 0.3) is 0 Å². The molecular formula is C22H20BrF2NO2. The molecule has 0 aliphatic heterocycles. The van der Waals surface area contributed by atoms with Crippen LogP contribution in [0.3, 0.4) is 0 Å². The fourth-order valence-corrected chi connectivity index (χ4v) is 3.34. The lowest BCUT2D eigenvalue weighted by molar-refractivity contribution is 0.277. The number of methoxy groups -OCH3 is 1. The van der Waals surface area contributed by atoms with Gasteiger partial charge in [-0.1, -0.05) is 30.3 Å². The predicted octanol–water partition coefficient (Wildman–Crippen LogP) is 5.60. The molecular weight excluding hydrogens is 428 g/mol. The van der Waals surface area contributed by atoms with Crippen LogP contribution in [-0.2, 0) is 19.7 Å². The van der Waals surface area contributed by atoms with Crippen LogP contribution in [0.1, 0.15) is 16.7 Å². The van der Waals surface area contributed by atoms with Crippen molar-refractivity contribution in [3.8, 4) is 11.5 Å². The van der Waals surface area contributed by atoms with E-state index in [9.17, 15) is 8.78 Å². The van der Waals surface area contributed by atoms with E-state index >= 15 is 0 Å². The SMILES string of the molecule is COc1cc(CNCc2ccc(F)cc2)cc(Br)c1OCc1ccccc1F. The molecule has 0 atom stereocenters. The largest absolute Gasteiger partial charge is 0.493 e. The molecule has 0 saturated heterocycles. The van der Waals surface area contributed by atoms with Crippen LogP contribution in [0.15, 0.2) is 65.1 Å². The number of nitrogens with one attached hydrogen (secondary N) is 1. The molecule has 3 aromatic carbocycles. The Labute approximate surface area is 171 Å². The Bertz CT molecular complexity index is 932. The number of hydrogen-bond donors (Lipinski definition) is 1. The lowest BCUT2D eigenvalue weighted by Crippen LogP contribution is -2.13. The third kappa shape index (κ3) is 5.30. The van der Waals surface area contributed by atoms with Crippen LogP contribution in [0.5, 0.6) is 11.5 Å². The second kappa shape index (κ2) is 9.66. The zero-order chi connectivity index (χ0) is 19.9. The molecule has 0 radical (unpaired) electrons. The molecule has 0 unspecified atom stereocenters. The average molecular weight is 448 g/mol. The van der Waals surface area contributed by atoms with Crippen molar-refractivity contribution in [2.45, 2.75) is 19.7 Å². The van der Waals surface area contributed by atoms with Crippen LogP contribution in [-0.4, -0.2) is 7.11 Å². The zero-order valence-corrected chi connectivity index (χ0v) is 16.9. The maximum Gasteiger partial charge on any atom is 0.175 e. The Hall–Kier alpha value is -2.44. The van der Waals surface area contributed by atoms with Crippen LogP contribution in [0.2, 0.25) is 0 Å². The molecule has 3 nitrogen and oxygen atoms in total. The number of rotatable bonds is 8. The van der Waals surface area contributed by atoms with Gasteiger partial charge in [0, 0.05) is 18.7 Å². The first-order valence-corrected chi connectivity index (χ1v) is 9.54. The molecule has 0 bridgehead atoms. The molecule has 3 rings (SSSR count). The summed E-state index contributed by atoms with van der Waals surface area (Å²) in [5.41, 5.74) is 2.46. The van der Waals surface area contributed by atoms with E-state index < -0.39 is 0 Å². The van der Waals surface area contributed by atoms with Crippen molar-refractivity contribution in [2.24, 2.45) is 0 Å². The highest BCUT2D eigenvalue weighted by molar-refractivity contribution is 9.10. The van der Waals surface area contributed by atoms with Crippen LogP contribution in [0, 0.1) is 11.6 Å². The monoisotopic (exact) mass is 447 g/mol. The molecule has 0 aromatic heterocycles. The van der Waals surface area contributed by atoms with Crippen molar-refractivity contribution in [1.29, 1.82) is 0 Å². The summed E-state index contributed by atoms with van der Waals surface area (Å²) in [5.74, 6) is 0.528. The first-order chi connectivity index (χ1) is 13.6. The van der Waals surface area contributed by atoms with E-state index in [-0.39, 0.29) is 18.2 Å². The maximum absolute atomic E-state index is 13.8. The minimum atomic E-state index is -0.306. The smallest absolute Gasteiger partial charge is 0.175 e. The minimum Gasteiger partial charge on any atom is -0.493 e. The van der Waals surface area contributed by atoms with Gasteiger partial charge in [-0.05, 0) is 57.4 Å². The molecule has 0 aliphatic rings. The summed E-state index contributed by atoms with van der Waals surface area (Å²) in [6, 6.07) is 16.7. The highest BCUT2D eigenvalue weighted by Crippen LogP contribution is 2.37. The van der Waals surface area contributed by atoms with E-state index in [1.54, 1.807) is 37.4 Å². The Balaban J connectivity index is 1.65. The summed E-state index contributed by atoms with van der Waals surface area (Å²) in [4.78, 5) is 0. The fourth-order valence-electron chi connectivity index (χ4n) is 2.73. The molecule has 0 aliphatic carbocycles. The molecule has 1 N–H and O–H groups in total. The van der Waals surface area contributed by atoms with Gasteiger partial charge < -0.3 is 14.8 Å². The number of halogens is 3. The second-order valence-electron chi connectivity index (χ2n) is 6.22. The third-order valence-corrected chi connectivity index (χ3v) is 4.78. The minimum absolute atomic E-state index is 0.101. The molecule has 0 amide bonds. The van der Waals surface area contributed by atoms with Crippen LogP contribution >= 0.6 is 15.9 Å². The first-order valence-electron chi connectivity index (χ1n) is 8.74. The van der Waals surface area contributed by atoms with E-state index in [1.165, 1.54) is 18.2 Å². The van der Waals surface area contributed by atoms with Gasteiger partial charge in [-0.15, -0.1) is 0 Å². The average Bonchev–Trinajstić information content (AvgIpc) is 2.69. The van der Waals surface area contributed by atoms with Crippen molar-refractivity contribution in [1.82, 2.24) is 5.32 Å². The molecule has 3 aromatic rings. The molecule has 6 heteroatoms. The topological polar surface area (TPSA) is 30.5 Å². The van der Waals surface area contributed by atoms with Crippen molar-refractivity contribution >= 4 is 15.9 Å². The van der Waals surface area contributed by atoms with Gasteiger partial charge in [0.2, 0.25) is 0 Å². The van der Waals surface area contributed by atoms with Crippen LogP contribution in [0.4, 0.5) is 8.78 Å². The summed E-state index contributed by atoms with van der Waals surface area (Å²) >= 11 is 3.51. The lowest BCUT2D eigenvalue weighted by Gasteiger charge is -2.15. The molecule has 146 valence electrons. The van der Waals surface area contributed by atoms with Gasteiger partial charge in [-0.25, -0.2) is 8.78 Å². The molecule has 28 heavy (non-hydrogen) atoms. The highest BCUT2D eigenvalue weighted by Gasteiger charge is 2.13. The van der Waals surface area contributed by atoms with Crippen LogP contribution in [0.25, 0.3) is 0 Å². The zero-order valence-electron chi connectivity index (χ0n) is 15.3. The van der Waals surface area contributed by atoms with Crippen molar-refractivity contribution in [2.75, 3.05) is 7.11 Å². The number of benzene rings is 3. The van der Waals surface area contributed by atoms with Crippen molar-refractivity contribution in [3.05, 3.63) is 93.5 Å². The highest BCUT2D eigenvalue weighted by atomic mass is 79.9. The normalized spacial score (nSPS) is 10.7. The van der Waals surface area contributed by atoms with Gasteiger partial charge in [0.05, 0.1) is 11.6 Å². The summed E-state index contributed by atoms with van der Waals surface area (Å²) in [6.07, 6.45) is 0. The summed E-state index contributed by atoms with van der Waals surface area (Å²) in [6.45, 7) is 1.31. The van der Waals surface area contributed by atoms with Gasteiger partial charge in [-0.2, -0.15) is 0 Å². The quantitative estimate of drug-likeness (QED) is 0.487. The van der Waals surface area contributed by atoms with Gasteiger partial charge >= 0.3 is 0 Å². The van der Waals surface area contributed by atoms with Crippen molar-refractivity contribution < 1.29 is 18.3 Å². The van der Waals surface area contributed by atoms with E-state index in [0.717, 1.165) is 15.6 Å². The number of ether oxygens (including phenoxy) is 2. The fraction of sp³-hybridized carbons (Fsp3) is 0.182. The second-order valence-corrected chi connectivity index (χ2v) is 7.07. The van der Waals surface area contributed by atoms with Crippen LogP contribution < -0.4 is 14.8 Å². The Kier molecular flexibility index (Phi) is 7.01. The number of hydrogen-bond acceptors (Lipinski definition) is 3. The van der Waals surface area contributed by atoms with Gasteiger partial charge in [-0.3, -0.25) is 0 Å². The standard InChI is InChI=1S/C22H20BrF2NO2/c1-27-21-11-16(13-26-12-15-6-8-18(24)9-7-15)10-19(23)22(21)28-14-17-4-2-3-5-20(17)25/h2-11,26H,12-14H2,1H3. The lowest BCUT2D eigenvalue weighted by atomic mass is 10.1.